The van der Waals surface area contributed by atoms with E-state index in [4.69, 9.17) is 0 Å². The second kappa shape index (κ2) is 12.7. The van der Waals surface area contributed by atoms with E-state index in [0.717, 1.165) is 16.0 Å². The highest BCUT2D eigenvalue weighted by atomic mass is 32.1. The number of nitrogens with one attached hydrogen (secondary N) is 2. The van der Waals surface area contributed by atoms with Gasteiger partial charge >= 0.3 is 6.03 Å². The number of para-hydroxylation sites is 1. The summed E-state index contributed by atoms with van der Waals surface area (Å²) in [6.45, 7) is 6.13. The number of piperazine rings is 1. The average Bonchev–Trinajstić information content (AvgIpc) is 3.62. The van der Waals surface area contributed by atoms with E-state index in [2.05, 4.69) is 10.6 Å². The predicted molar refractivity (Wildman–Crippen MR) is 170 cm³/mol. The Labute approximate surface area is 260 Å². The largest absolute Gasteiger partial charge is 0.338 e. The van der Waals surface area contributed by atoms with E-state index in [-0.39, 0.29) is 11.7 Å². The van der Waals surface area contributed by atoms with Crippen molar-refractivity contribution in [1.29, 1.82) is 0 Å². The van der Waals surface area contributed by atoms with Crippen LogP contribution in [0.25, 0.3) is 0 Å². The number of urea groups is 1. The molecule has 3 heterocycles. The van der Waals surface area contributed by atoms with E-state index in [1.807, 2.05) is 61.7 Å². The third-order valence-electron chi connectivity index (χ3n) is 8.64. The zero-order valence-electron chi connectivity index (χ0n) is 24.7. The molecule has 4 aromatic rings. The molecule has 1 aromatic heterocycles. The minimum absolute atomic E-state index is 0.158. The van der Waals surface area contributed by atoms with E-state index in [1.54, 1.807) is 40.1 Å². The number of thiophene rings is 1. The van der Waals surface area contributed by atoms with Gasteiger partial charge in [-0.05, 0) is 66.8 Å². The first-order valence-corrected chi connectivity index (χ1v) is 15.8. The molecule has 4 atom stereocenters. The minimum atomic E-state index is -1.01. The van der Waals surface area contributed by atoms with Crippen LogP contribution < -0.4 is 10.6 Å². The third kappa shape index (κ3) is 5.77. The van der Waals surface area contributed by atoms with Crippen LogP contribution in [0.2, 0.25) is 0 Å². The second-order valence-electron chi connectivity index (χ2n) is 11.5. The van der Waals surface area contributed by atoms with Crippen molar-refractivity contribution in [3.05, 3.63) is 123 Å². The Morgan fingerprint density at radius 3 is 2.30 bits per heavy atom. The first kappa shape index (κ1) is 29.7. The van der Waals surface area contributed by atoms with Crippen LogP contribution in [0.15, 0.2) is 90.3 Å². The fourth-order valence-electron chi connectivity index (χ4n) is 6.57. The van der Waals surface area contributed by atoms with Crippen molar-refractivity contribution in [3.63, 3.8) is 0 Å². The van der Waals surface area contributed by atoms with Crippen LogP contribution in [0, 0.1) is 25.6 Å². The number of carbonyl (C=O) groups is 3. The number of ketones is 1. The molecular formula is C35H35FN4O3S. The molecule has 3 amide bonds. The Hall–Kier alpha value is -4.34. The maximum absolute atomic E-state index is 14.8. The zero-order chi connectivity index (χ0) is 30.8. The highest BCUT2D eigenvalue weighted by Gasteiger charge is 2.58. The lowest BCUT2D eigenvalue weighted by atomic mass is 9.76. The summed E-state index contributed by atoms with van der Waals surface area (Å²) in [7, 11) is 0. The van der Waals surface area contributed by atoms with Crippen molar-refractivity contribution in [2.24, 2.45) is 5.92 Å². The summed E-state index contributed by atoms with van der Waals surface area (Å²) in [5, 5.41) is 8.25. The van der Waals surface area contributed by atoms with Crippen LogP contribution in [-0.4, -0.2) is 59.7 Å². The number of aryl methyl sites for hydroxylation is 2. The van der Waals surface area contributed by atoms with Crippen molar-refractivity contribution in [1.82, 2.24) is 15.1 Å². The molecule has 44 heavy (non-hydrogen) atoms. The van der Waals surface area contributed by atoms with Gasteiger partial charge in [0.05, 0.1) is 12.0 Å². The Balaban J connectivity index is 1.58. The number of amides is 3. The summed E-state index contributed by atoms with van der Waals surface area (Å²) in [5.41, 5.74) is 3.61. The maximum Gasteiger partial charge on any atom is 0.323 e. The van der Waals surface area contributed by atoms with Gasteiger partial charge in [0.2, 0.25) is 5.91 Å². The molecule has 0 aliphatic carbocycles. The van der Waals surface area contributed by atoms with Gasteiger partial charge in [0, 0.05) is 48.2 Å². The number of carbonyl (C=O) groups excluding carboxylic acids is 3. The molecule has 0 radical (unpaired) electrons. The lowest BCUT2D eigenvalue weighted by Gasteiger charge is -2.36. The molecule has 6 rings (SSSR count). The van der Waals surface area contributed by atoms with Gasteiger partial charge in [0.1, 0.15) is 11.9 Å². The van der Waals surface area contributed by atoms with E-state index in [0.29, 0.717) is 43.0 Å². The fraction of sp³-hybridized carbons (Fsp3) is 0.286. The minimum Gasteiger partial charge on any atom is -0.338 e. The van der Waals surface area contributed by atoms with Crippen LogP contribution in [-0.2, 0) is 4.79 Å². The molecule has 0 saturated carbocycles. The Kier molecular flexibility index (Phi) is 8.59. The second-order valence-corrected chi connectivity index (χ2v) is 12.4. The van der Waals surface area contributed by atoms with Gasteiger partial charge in [0.15, 0.2) is 5.78 Å². The van der Waals surface area contributed by atoms with Gasteiger partial charge in [-0.25, -0.2) is 9.18 Å². The lowest BCUT2D eigenvalue weighted by molar-refractivity contribution is -0.136. The van der Waals surface area contributed by atoms with Gasteiger partial charge < -0.3 is 20.4 Å². The van der Waals surface area contributed by atoms with Crippen molar-refractivity contribution < 1.29 is 18.8 Å². The van der Waals surface area contributed by atoms with Gasteiger partial charge in [-0.1, -0.05) is 54.1 Å². The van der Waals surface area contributed by atoms with E-state index in [1.165, 1.54) is 23.5 Å². The highest BCUT2D eigenvalue weighted by Crippen LogP contribution is 2.53. The number of benzene rings is 3. The van der Waals surface area contributed by atoms with Crippen molar-refractivity contribution >= 4 is 34.7 Å². The monoisotopic (exact) mass is 610 g/mol. The lowest BCUT2D eigenvalue weighted by Crippen LogP contribution is -2.55. The summed E-state index contributed by atoms with van der Waals surface area (Å²) >= 11 is 1.47. The van der Waals surface area contributed by atoms with Crippen molar-refractivity contribution in [2.75, 3.05) is 31.5 Å². The first-order chi connectivity index (χ1) is 21.3. The summed E-state index contributed by atoms with van der Waals surface area (Å²) in [6, 6.07) is 22.3. The molecule has 4 unspecified atom stereocenters. The first-order valence-electron chi connectivity index (χ1n) is 14.9. The van der Waals surface area contributed by atoms with Crippen molar-refractivity contribution in [3.8, 4) is 0 Å². The number of hydrogen-bond acceptors (Lipinski definition) is 5. The summed E-state index contributed by atoms with van der Waals surface area (Å²) in [6.07, 6.45) is 0. The smallest absolute Gasteiger partial charge is 0.323 e. The predicted octanol–water partition coefficient (Wildman–Crippen LogP) is 6.18. The van der Waals surface area contributed by atoms with Gasteiger partial charge in [-0.15, -0.1) is 11.3 Å². The molecule has 3 aromatic carbocycles. The molecule has 0 bridgehead atoms. The molecule has 7 nitrogen and oxygen atoms in total. The van der Waals surface area contributed by atoms with E-state index < -0.39 is 35.8 Å². The van der Waals surface area contributed by atoms with Gasteiger partial charge in [-0.3, -0.25) is 9.59 Å². The number of likely N-dealkylation sites (tertiary alicyclic amines) is 1. The van der Waals surface area contributed by atoms with E-state index >= 15 is 0 Å². The zero-order valence-corrected chi connectivity index (χ0v) is 25.5. The third-order valence-corrected chi connectivity index (χ3v) is 9.73. The Morgan fingerprint density at radius 2 is 1.64 bits per heavy atom. The molecule has 2 fully saturated rings. The number of anilines is 1. The number of rotatable bonds is 6. The number of hydrogen-bond donors (Lipinski definition) is 2. The molecule has 9 heteroatoms. The number of halogens is 1. The van der Waals surface area contributed by atoms with Crippen LogP contribution in [0.3, 0.4) is 0 Å². The summed E-state index contributed by atoms with van der Waals surface area (Å²) in [5.74, 6) is -2.32. The SMILES string of the molecule is Cc1cccc(C(=O)C2C(c3ccc(F)cc3)C(C(=O)N3CCNCC3)N(C(=O)Nc3ccccc3)C2c2sccc2C)c1. The standard InChI is InChI=1S/C35H35FN4O3S/c1-22-7-6-8-25(21-22)32(41)29-28(24-11-13-26(36)14-12-24)31(34(42)39-18-16-37-17-19-39)40(30(29)33-23(2)15-20-44-33)35(43)38-27-9-4-3-5-10-27/h3-15,20-21,28-31,37H,16-19H2,1-2H3,(H,38,43). The average molecular weight is 611 g/mol. The summed E-state index contributed by atoms with van der Waals surface area (Å²) in [4.78, 5) is 48.2. The van der Waals surface area contributed by atoms with Crippen LogP contribution in [0.5, 0.6) is 0 Å². The number of nitrogens with zero attached hydrogens (tertiary/aromatic N) is 2. The summed E-state index contributed by atoms with van der Waals surface area (Å²) < 4.78 is 14.3. The van der Waals surface area contributed by atoms with E-state index in [9.17, 15) is 18.8 Å². The number of Topliss-reactive ketones (excluding diaryl/α,β-unsaturated/α-hetero) is 1. The van der Waals surface area contributed by atoms with Gasteiger partial charge in [-0.2, -0.15) is 0 Å². The molecule has 0 spiro atoms. The molecule has 2 N–H and O–H groups in total. The van der Waals surface area contributed by atoms with Crippen LogP contribution >= 0.6 is 11.3 Å². The molecule has 2 aliphatic heterocycles. The Morgan fingerprint density at radius 1 is 0.909 bits per heavy atom. The van der Waals surface area contributed by atoms with Crippen LogP contribution in [0.4, 0.5) is 14.9 Å². The molecular weight excluding hydrogens is 575 g/mol. The van der Waals surface area contributed by atoms with Gasteiger partial charge in [0.25, 0.3) is 0 Å². The molecule has 2 aliphatic rings. The highest BCUT2D eigenvalue weighted by molar-refractivity contribution is 7.10. The fourth-order valence-corrected chi connectivity index (χ4v) is 7.64. The normalized spacial score (nSPS) is 21.7. The Bertz CT molecular complexity index is 1650. The van der Waals surface area contributed by atoms with Crippen LogP contribution in [0.1, 0.15) is 43.9 Å². The molecule has 2 saturated heterocycles. The molecule has 226 valence electrons. The topological polar surface area (TPSA) is 81.8 Å². The maximum atomic E-state index is 14.8. The quantitative estimate of drug-likeness (QED) is 0.256. The van der Waals surface area contributed by atoms with Crippen molar-refractivity contribution in [2.45, 2.75) is 31.8 Å².